The predicted octanol–water partition coefficient (Wildman–Crippen LogP) is 1.30. The van der Waals surface area contributed by atoms with E-state index in [4.69, 9.17) is 4.84 Å². The van der Waals surface area contributed by atoms with Gasteiger partial charge in [0.25, 0.3) is 0 Å². The van der Waals surface area contributed by atoms with Crippen molar-refractivity contribution in [2.24, 2.45) is 5.92 Å². The van der Waals surface area contributed by atoms with Crippen molar-refractivity contribution in [2.75, 3.05) is 26.7 Å². The second-order valence-electron chi connectivity index (χ2n) is 7.15. The fourth-order valence-corrected chi connectivity index (χ4v) is 3.29. The van der Waals surface area contributed by atoms with Gasteiger partial charge in [0.15, 0.2) is 0 Å². The molecule has 24 heavy (non-hydrogen) atoms. The number of hydrogen-bond donors (Lipinski definition) is 4. The van der Waals surface area contributed by atoms with Gasteiger partial charge in [-0.2, -0.15) is 5.06 Å². The van der Waals surface area contributed by atoms with Crippen LogP contribution in [0.5, 0.6) is 0 Å². The highest BCUT2D eigenvalue weighted by atomic mass is 16.7. The molecule has 2 aliphatic rings. The molecule has 0 saturated carbocycles. The lowest BCUT2D eigenvalue weighted by atomic mass is 10.0. The molecule has 0 radical (unpaired) electrons. The maximum Gasteiger partial charge on any atom is 0.133 e. The molecule has 2 heterocycles. The maximum absolute atomic E-state index is 5.86. The molecule has 1 aromatic carbocycles. The molecule has 2 aliphatic heterocycles. The summed E-state index contributed by atoms with van der Waals surface area (Å²) in [6.07, 6.45) is 0.514. The molecule has 6 nitrogen and oxygen atoms in total. The van der Waals surface area contributed by atoms with Crippen LogP contribution in [0.15, 0.2) is 24.3 Å². The van der Waals surface area contributed by atoms with Crippen molar-refractivity contribution in [3.8, 4) is 0 Å². The summed E-state index contributed by atoms with van der Waals surface area (Å²) in [6.45, 7) is 9.57. The third-order valence-electron chi connectivity index (χ3n) is 4.82. The van der Waals surface area contributed by atoms with Gasteiger partial charge in [-0.05, 0) is 24.0 Å². The first-order chi connectivity index (χ1) is 11.5. The highest BCUT2D eigenvalue weighted by molar-refractivity contribution is 5.27. The molecule has 0 aliphatic carbocycles. The Kier molecular flexibility index (Phi) is 5.86. The lowest BCUT2D eigenvalue weighted by Gasteiger charge is -2.29. The SMILES string of the molecule is CC(C)C1NC(c2ccc([C@@H](C)NC3CNCCN3)cc2)N(C)O1. The van der Waals surface area contributed by atoms with E-state index in [9.17, 15) is 0 Å². The highest BCUT2D eigenvalue weighted by Crippen LogP contribution is 2.27. The van der Waals surface area contributed by atoms with Crippen LogP contribution >= 0.6 is 0 Å². The number of hydroxylamine groups is 2. The number of nitrogens with one attached hydrogen (secondary N) is 4. The maximum atomic E-state index is 5.86. The molecule has 0 spiro atoms. The molecule has 6 heteroatoms. The topological polar surface area (TPSA) is 60.6 Å². The minimum absolute atomic E-state index is 0.0742. The molecule has 2 saturated heterocycles. The molecule has 3 unspecified atom stereocenters. The summed E-state index contributed by atoms with van der Waals surface area (Å²) in [5.41, 5.74) is 2.53. The Bertz CT molecular complexity index is 515. The molecule has 1 aromatic rings. The molecule has 3 rings (SSSR count). The van der Waals surface area contributed by atoms with Crippen LogP contribution in [0.1, 0.15) is 44.1 Å². The van der Waals surface area contributed by atoms with Crippen LogP contribution in [0.3, 0.4) is 0 Å². The van der Waals surface area contributed by atoms with Gasteiger partial charge < -0.3 is 5.32 Å². The summed E-state index contributed by atoms with van der Waals surface area (Å²) in [5, 5.41) is 16.0. The molecule has 2 fully saturated rings. The third-order valence-corrected chi connectivity index (χ3v) is 4.82. The molecule has 4 N–H and O–H groups in total. The van der Waals surface area contributed by atoms with Crippen LogP contribution in [0.2, 0.25) is 0 Å². The zero-order valence-corrected chi connectivity index (χ0v) is 15.2. The number of piperazine rings is 1. The van der Waals surface area contributed by atoms with E-state index < -0.39 is 0 Å². The van der Waals surface area contributed by atoms with Crippen LogP contribution < -0.4 is 21.3 Å². The van der Waals surface area contributed by atoms with Gasteiger partial charge in [0.1, 0.15) is 12.4 Å². The summed E-state index contributed by atoms with van der Waals surface area (Å²) < 4.78 is 0. The number of hydrogen-bond acceptors (Lipinski definition) is 6. The van der Waals surface area contributed by atoms with Gasteiger partial charge in [-0.1, -0.05) is 38.1 Å². The van der Waals surface area contributed by atoms with Crippen LogP contribution in [0.25, 0.3) is 0 Å². The molecule has 134 valence electrons. The van der Waals surface area contributed by atoms with Crippen LogP contribution in [-0.4, -0.2) is 44.1 Å². The standard InChI is InChI=1S/C18H31N5O/c1-12(2)18-22-17(23(4)24-18)15-7-5-14(6-8-15)13(3)21-16-11-19-9-10-20-16/h5-8,12-13,16-22H,9-11H2,1-4H3/t13-,16?,17?,18?/m1/s1. The molecular formula is C18H31N5O. The van der Waals surface area contributed by atoms with Crippen LogP contribution in [-0.2, 0) is 4.84 Å². The molecule has 0 aromatic heterocycles. The van der Waals surface area contributed by atoms with E-state index in [-0.39, 0.29) is 12.4 Å². The Balaban J connectivity index is 1.60. The van der Waals surface area contributed by atoms with Gasteiger partial charge in [-0.25, -0.2) is 0 Å². The van der Waals surface area contributed by atoms with Crippen molar-refractivity contribution in [1.82, 2.24) is 26.3 Å². The zero-order valence-electron chi connectivity index (χ0n) is 15.2. The summed E-state index contributed by atoms with van der Waals surface area (Å²) in [6, 6.07) is 9.12. The van der Waals surface area contributed by atoms with E-state index in [1.54, 1.807) is 0 Å². The van der Waals surface area contributed by atoms with Crippen molar-refractivity contribution >= 4 is 0 Å². The minimum Gasteiger partial charge on any atom is -0.313 e. The normalized spacial score (nSPS) is 30.0. The Labute approximate surface area is 145 Å². The lowest BCUT2D eigenvalue weighted by Crippen LogP contribution is -2.55. The highest BCUT2D eigenvalue weighted by Gasteiger charge is 2.32. The Morgan fingerprint density at radius 2 is 1.92 bits per heavy atom. The van der Waals surface area contributed by atoms with Gasteiger partial charge in [0, 0.05) is 32.7 Å². The summed E-state index contributed by atoms with van der Waals surface area (Å²) in [7, 11) is 1.99. The van der Waals surface area contributed by atoms with Gasteiger partial charge in [0.2, 0.25) is 0 Å². The van der Waals surface area contributed by atoms with Crippen LogP contribution in [0, 0.1) is 5.92 Å². The van der Waals surface area contributed by atoms with Crippen LogP contribution in [0.4, 0.5) is 0 Å². The average Bonchev–Trinajstić information content (AvgIpc) is 2.98. The van der Waals surface area contributed by atoms with E-state index in [1.807, 2.05) is 12.1 Å². The fraction of sp³-hybridized carbons (Fsp3) is 0.667. The second kappa shape index (κ2) is 7.91. The van der Waals surface area contributed by atoms with Gasteiger partial charge >= 0.3 is 0 Å². The third kappa shape index (κ3) is 4.14. The summed E-state index contributed by atoms with van der Waals surface area (Å²) in [5.74, 6) is 0.442. The monoisotopic (exact) mass is 333 g/mol. The first kappa shape index (κ1) is 17.8. The number of nitrogens with zero attached hydrogens (tertiary/aromatic N) is 1. The first-order valence-electron chi connectivity index (χ1n) is 9.00. The Hall–Kier alpha value is -1.02. The van der Waals surface area contributed by atoms with E-state index in [0.717, 1.165) is 19.6 Å². The van der Waals surface area contributed by atoms with Crippen molar-refractivity contribution in [3.63, 3.8) is 0 Å². The number of benzene rings is 1. The van der Waals surface area contributed by atoms with Crippen molar-refractivity contribution in [2.45, 2.75) is 45.4 Å². The predicted molar refractivity (Wildman–Crippen MR) is 96.0 cm³/mol. The summed E-state index contributed by atoms with van der Waals surface area (Å²) in [4.78, 5) is 5.86. The Morgan fingerprint density at radius 3 is 2.50 bits per heavy atom. The van der Waals surface area contributed by atoms with Crippen molar-refractivity contribution < 1.29 is 4.84 Å². The minimum atomic E-state index is 0.0742. The smallest absolute Gasteiger partial charge is 0.133 e. The fourth-order valence-electron chi connectivity index (χ4n) is 3.29. The van der Waals surface area contributed by atoms with Gasteiger partial charge in [-0.15, -0.1) is 0 Å². The zero-order chi connectivity index (χ0) is 17.1. The first-order valence-corrected chi connectivity index (χ1v) is 9.00. The largest absolute Gasteiger partial charge is 0.313 e. The molecular weight excluding hydrogens is 302 g/mol. The van der Waals surface area contributed by atoms with Gasteiger partial charge in [0.05, 0.1) is 6.17 Å². The molecule has 4 atom stereocenters. The molecule has 0 bridgehead atoms. The van der Waals surface area contributed by atoms with Crippen molar-refractivity contribution in [1.29, 1.82) is 0 Å². The quantitative estimate of drug-likeness (QED) is 0.652. The van der Waals surface area contributed by atoms with E-state index in [2.05, 4.69) is 66.3 Å². The lowest BCUT2D eigenvalue weighted by molar-refractivity contribution is -0.155. The average molecular weight is 333 g/mol. The Morgan fingerprint density at radius 1 is 1.17 bits per heavy atom. The number of rotatable bonds is 5. The van der Waals surface area contributed by atoms with E-state index in [0.29, 0.717) is 18.1 Å². The van der Waals surface area contributed by atoms with E-state index in [1.165, 1.54) is 11.1 Å². The second-order valence-corrected chi connectivity index (χ2v) is 7.15. The van der Waals surface area contributed by atoms with E-state index >= 15 is 0 Å². The van der Waals surface area contributed by atoms with Crippen molar-refractivity contribution in [3.05, 3.63) is 35.4 Å². The van der Waals surface area contributed by atoms with Gasteiger partial charge in [-0.3, -0.25) is 20.8 Å². The molecule has 0 amide bonds. The summed E-state index contributed by atoms with van der Waals surface area (Å²) >= 11 is 0.